The molecule has 0 aromatic carbocycles. The van der Waals surface area contributed by atoms with Crippen LogP contribution in [-0.4, -0.2) is 33.6 Å². The van der Waals surface area contributed by atoms with Gasteiger partial charge in [0.2, 0.25) is 0 Å². The molecule has 1 aromatic heterocycles. The molecule has 0 bridgehead atoms. The first-order chi connectivity index (χ1) is 9.51. The summed E-state index contributed by atoms with van der Waals surface area (Å²) in [4.78, 5) is 2.28. The van der Waals surface area contributed by atoms with E-state index in [0.717, 1.165) is 38.2 Å². The third-order valence-electron chi connectivity index (χ3n) is 3.88. The van der Waals surface area contributed by atoms with Crippen molar-refractivity contribution < 1.29 is 0 Å². The topological polar surface area (TPSA) is 70.9 Å². The summed E-state index contributed by atoms with van der Waals surface area (Å²) >= 11 is 0. The molecule has 0 aliphatic heterocycles. The number of nitrogens with zero attached hydrogens (tertiary/aromatic N) is 3. The van der Waals surface area contributed by atoms with Gasteiger partial charge in [0, 0.05) is 25.2 Å². The first-order valence-corrected chi connectivity index (χ1v) is 7.62. The van der Waals surface area contributed by atoms with Crippen molar-refractivity contribution in [3.8, 4) is 0 Å². The van der Waals surface area contributed by atoms with Crippen molar-refractivity contribution in [2.24, 2.45) is 11.7 Å². The van der Waals surface area contributed by atoms with Crippen LogP contribution < -0.4 is 5.73 Å². The fraction of sp³-hybridized carbons (Fsp3) is 0.733. The first-order valence-electron chi connectivity index (χ1n) is 7.62. The van der Waals surface area contributed by atoms with Crippen LogP contribution in [0.25, 0.3) is 0 Å². The molecule has 0 saturated heterocycles. The highest BCUT2D eigenvalue weighted by Gasteiger charge is 2.14. The van der Waals surface area contributed by atoms with Crippen molar-refractivity contribution in [2.75, 3.05) is 13.1 Å². The fourth-order valence-electron chi connectivity index (χ4n) is 2.35. The molecule has 0 radical (unpaired) electrons. The quantitative estimate of drug-likeness (QED) is 0.539. The Labute approximate surface area is 122 Å². The highest BCUT2D eigenvalue weighted by Crippen LogP contribution is 2.15. The van der Waals surface area contributed by atoms with Gasteiger partial charge in [0.05, 0.1) is 17.6 Å². The predicted molar refractivity (Wildman–Crippen MR) is 83.9 cm³/mol. The Morgan fingerprint density at radius 3 is 2.55 bits per heavy atom. The summed E-state index contributed by atoms with van der Waals surface area (Å²) in [6.45, 7) is 11.1. The molecule has 1 aromatic rings. The fourth-order valence-corrected chi connectivity index (χ4v) is 2.35. The van der Waals surface area contributed by atoms with Gasteiger partial charge in [0.15, 0.2) is 0 Å². The SMILES string of the molecule is CCC(CC)n1ccc(CN(CC)CC(C)C(=N)N)n1. The van der Waals surface area contributed by atoms with Crippen LogP contribution in [-0.2, 0) is 6.54 Å². The van der Waals surface area contributed by atoms with E-state index in [0.29, 0.717) is 6.04 Å². The van der Waals surface area contributed by atoms with Gasteiger partial charge in [0.1, 0.15) is 0 Å². The van der Waals surface area contributed by atoms with E-state index >= 15 is 0 Å². The second kappa shape index (κ2) is 8.04. The van der Waals surface area contributed by atoms with Crippen molar-refractivity contribution >= 4 is 5.84 Å². The maximum Gasteiger partial charge on any atom is 0.0947 e. The normalized spacial score (nSPS) is 13.1. The molecular formula is C15H29N5. The monoisotopic (exact) mass is 279 g/mol. The highest BCUT2D eigenvalue weighted by atomic mass is 15.3. The summed E-state index contributed by atoms with van der Waals surface area (Å²) in [7, 11) is 0. The molecule has 3 N–H and O–H groups in total. The third kappa shape index (κ3) is 4.63. The van der Waals surface area contributed by atoms with Crippen LogP contribution >= 0.6 is 0 Å². The Kier molecular flexibility index (Phi) is 6.71. The molecule has 0 amide bonds. The highest BCUT2D eigenvalue weighted by molar-refractivity contribution is 5.79. The van der Waals surface area contributed by atoms with E-state index < -0.39 is 0 Å². The van der Waals surface area contributed by atoms with Crippen LogP contribution in [0.5, 0.6) is 0 Å². The Bertz CT molecular complexity index is 408. The summed E-state index contributed by atoms with van der Waals surface area (Å²) in [5, 5.41) is 12.2. The maximum absolute atomic E-state index is 7.49. The number of nitrogens with two attached hydrogens (primary N) is 1. The van der Waals surface area contributed by atoms with Gasteiger partial charge in [-0.2, -0.15) is 5.10 Å². The first kappa shape index (κ1) is 16.7. The zero-order valence-electron chi connectivity index (χ0n) is 13.3. The van der Waals surface area contributed by atoms with Gasteiger partial charge in [-0.15, -0.1) is 0 Å². The zero-order valence-corrected chi connectivity index (χ0v) is 13.3. The van der Waals surface area contributed by atoms with Crippen LogP contribution in [0.15, 0.2) is 12.3 Å². The van der Waals surface area contributed by atoms with Gasteiger partial charge in [-0.25, -0.2) is 0 Å². The molecule has 1 rings (SSSR count). The van der Waals surface area contributed by atoms with Crippen LogP contribution in [0, 0.1) is 11.3 Å². The Morgan fingerprint density at radius 2 is 2.05 bits per heavy atom. The minimum atomic E-state index is 0.0936. The van der Waals surface area contributed by atoms with Crippen LogP contribution in [0.4, 0.5) is 0 Å². The second-order valence-corrected chi connectivity index (χ2v) is 5.44. The van der Waals surface area contributed by atoms with Gasteiger partial charge in [-0.1, -0.05) is 27.7 Å². The number of hydrogen-bond donors (Lipinski definition) is 2. The Hall–Kier alpha value is -1.36. The van der Waals surface area contributed by atoms with E-state index in [1.165, 1.54) is 0 Å². The third-order valence-corrected chi connectivity index (χ3v) is 3.88. The lowest BCUT2D eigenvalue weighted by molar-refractivity contribution is 0.258. The molecule has 0 fully saturated rings. The standard InChI is InChI=1S/C15H29N5/c1-5-14(6-2)20-9-8-13(18-20)11-19(7-3)10-12(4)15(16)17/h8-9,12,14H,5-7,10-11H2,1-4H3,(H3,16,17). The van der Waals surface area contributed by atoms with Gasteiger partial charge in [-0.05, 0) is 25.5 Å². The van der Waals surface area contributed by atoms with E-state index in [9.17, 15) is 0 Å². The summed E-state index contributed by atoms with van der Waals surface area (Å²) in [5.74, 6) is 0.349. The number of hydrogen-bond acceptors (Lipinski definition) is 3. The zero-order chi connectivity index (χ0) is 15.1. The smallest absolute Gasteiger partial charge is 0.0947 e. The molecule has 5 heteroatoms. The van der Waals surface area contributed by atoms with E-state index in [1.807, 2.05) is 6.92 Å². The van der Waals surface area contributed by atoms with Gasteiger partial charge >= 0.3 is 0 Å². The van der Waals surface area contributed by atoms with Crippen LogP contribution in [0.1, 0.15) is 52.3 Å². The summed E-state index contributed by atoms with van der Waals surface area (Å²) in [6, 6.07) is 2.59. The van der Waals surface area contributed by atoms with Gasteiger partial charge < -0.3 is 5.73 Å². The summed E-state index contributed by atoms with van der Waals surface area (Å²) in [5.41, 5.74) is 6.64. The lowest BCUT2D eigenvalue weighted by atomic mass is 10.1. The van der Waals surface area contributed by atoms with Crippen molar-refractivity contribution in [1.82, 2.24) is 14.7 Å². The van der Waals surface area contributed by atoms with Crippen LogP contribution in [0.2, 0.25) is 0 Å². The predicted octanol–water partition coefficient (Wildman–Crippen LogP) is 2.64. The maximum atomic E-state index is 7.49. The minimum absolute atomic E-state index is 0.0936. The molecular weight excluding hydrogens is 250 g/mol. The largest absolute Gasteiger partial charge is 0.387 e. The number of rotatable bonds is 9. The molecule has 5 nitrogen and oxygen atoms in total. The van der Waals surface area contributed by atoms with E-state index in [2.05, 4.69) is 47.7 Å². The molecule has 0 aliphatic rings. The van der Waals surface area contributed by atoms with E-state index in [1.54, 1.807) is 0 Å². The molecule has 0 spiro atoms. The Morgan fingerprint density at radius 1 is 1.40 bits per heavy atom. The average molecular weight is 279 g/mol. The lowest BCUT2D eigenvalue weighted by Gasteiger charge is -2.22. The number of aromatic nitrogens is 2. The molecule has 0 saturated carbocycles. The summed E-state index contributed by atoms with van der Waals surface area (Å²) < 4.78 is 2.08. The molecule has 1 unspecified atom stereocenters. The molecule has 1 atom stereocenters. The molecule has 114 valence electrons. The lowest BCUT2D eigenvalue weighted by Crippen LogP contribution is -2.34. The van der Waals surface area contributed by atoms with E-state index in [4.69, 9.17) is 11.1 Å². The minimum Gasteiger partial charge on any atom is -0.387 e. The number of nitrogens with one attached hydrogen (secondary N) is 1. The Balaban J connectivity index is 2.64. The van der Waals surface area contributed by atoms with Crippen molar-refractivity contribution in [3.63, 3.8) is 0 Å². The van der Waals surface area contributed by atoms with Crippen molar-refractivity contribution in [1.29, 1.82) is 5.41 Å². The van der Waals surface area contributed by atoms with Crippen molar-refractivity contribution in [3.05, 3.63) is 18.0 Å². The van der Waals surface area contributed by atoms with E-state index in [-0.39, 0.29) is 11.8 Å². The molecule has 1 heterocycles. The second-order valence-electron chi connectivity index (χ2n) is 5.44. The average Bonchev–Trinajstić information content (AvgIpc) is 2.87. The van der Waals surface area contributed by atoms with Crippen molar-refractivity contribution in [2.45, 2.75) is 53.1 Å². The van der Waals surface area contributed by atoms with Gasteiger partial charge in [-0.3, -0.25) is 15.0 Å². The summed E-state index contributed by atoms with van der Waals surface area (Å²) in [6.07, 6.45) is 4.29. The molecule has 20 heavy (non-hydrogen) atoms. The molecule has 0 aliphatic carbocycles. The number of amidine groups is 1. The van der Waals surface area contributed by atoms with Crippen LogP contribution in [0.3, 0.4) is 0 Å². The van der Waals surface area contributed by atoms with Gasteiger partial charge in [0.25, 0.3) is 0 Å².